The second kappa shape index (κ2) is 6.52. The molecule has 0 saturated carbocycles. The standard InChI is InChI=1S/C18H19NO3/c1-20-15-9-7-13(8-10-15)17-12-16(22-19-17)11-14-5-3-4-6-18(14)21-2/h3-10,16H,11-12H2,1-2H3/t16-/m0/s1. The summed E-state index contributed by atoms with van der Waals surface area (Å²) in [5.74, 6) is 1.73. The molecular weight excluding hydrogens is 278 g/mol. The van der Waals surface area contributed by atoms with Gasteiger partial charge in [-0.05, 0) is 41.5 Å². The lowest BCUT2D eigenvalue weighted by atomic mass is 10.00. The van der Waals surface area contributed by atoms with E-state index in [4.69, 9.17) is 14.3 Å². The molecule has 0 aromatic heterocycles. The van der Waals surface area contributed by atoms with E-state index in [1.165, 1.54) is 0 Å². The first-order chi connectivity index (χ1) is 10.8. The molecule has 1 heterocycles. The fourth-order valence-electron chi connectivity index (χ4n) is 2.61. The van der Waals surface area contributed by atoms with Crippen LogP contribution in [-0.4, -0.2) is 26.0 Å². The Morgan fingerprint density at radius 1 is 1.05 bits per heavy atom. The van der Waals surface area contributed by atoms with Crippen LogP contribution in [0.2, 0.25) is 0 Å². The molecule has 1 atom stereocenters. The van der Waals surface area contributed by atoms with Gasteiger partial charge in [0.05, 0.1) is 19.9 Å². The molecule has 114 valence electrons. The van der Waals surface area contributed by atoms with E-state index in [0.717, 1.165) is 41.2 Å². The fraction of sp³-hybridized carbons (Fsp3) is 0.278. The highest BCUT2D eigenvalue weighted by Crippen LogP contribution is 2.25. The maximum atomic E-state index is 5.58. The SMILES string of the molecule is COc1ccc(C2=NO[C@@H](Cc3ccccc3OC)C2)cc1. The summed E-state index contributed by atoms with van der Waals surface area (Å²) in [6, 6.07) is 15.9. The van der Waals surface area contributed by atoms with Gasteiger partial charge in [-0.15, -0.1) is 0 Å². The highest BCUT2D eigenvalue weighted by atomic mass is 16.6. The van der Waals surface area contributed by atoms with Crippen LogP contribution in [0.1, 0.15) is 17.5 Å². The second-order valence-electron chi connectivity index (χ2n) is 5.21. The van der Waals surface area contributed by atoms with E-state index in [1.807, 2.05) is 42.5 Å². The lowest BCUT2D eigenvalue weighted by Gasteiger charge is -2.11. The van der Waals surface area contributed by atoms with Gasteiger partial charge in [0.15, 0.2) is 0 Å². The van der Waals surface area contributed by atoms with E-state index >= 15 is 0 Å². The van der Waals surface area contributed by atoms with Crippen LogP contribution in [0.15, 0.2) is 53.7 Å². The predicted molar refractivity (Wildman–Crippen MR) is 85.7 cm³/mol. The van der Waals surface area contributed by atoms with E-state index in [1.54, 1.807) is 14.2 Å². The van der Waals surface area contributed by atoms with Crippen LogP contribution in [-0.2, 0) is 11.3 Å². The second-order valence-corrected chi connectivity index (χ2v) is 5.21. The summed E-state index contributed by atoms with van der Waals surface area (Å²) < 4.78 is 10.6. The molecular formula is C18H19NO3. The van der Waals surface area contributed by atoms with Crippen molar-refractivity contribution >= 4 is 5.71 Å². The molecule has 0 spiro atoms. The minimum Gasteiger partial charge on any atom is -0.497 e. The Morgan fingerprint density at radius 2 is 1.82 bits per heavy atom. The molecule has 22 heavy (non-hydrogen) atoms. The lowest BCUT2D eigenvalue weighted by Crippen LogP contribution is -2.12. The molecule has 0 aliphatic carbocycles. The van der Waals surface area contributed by atoms with Gasteiger partial charge < -0.3 is 14.3 Å². The van der Waals surface area contributed by atoms with Crippen LogP contribution in [0.5, 0.6) is 11.5 Å². The molecule has 1 aliphatic heterocycles. The van der Waals surface area contributed by atoms with Crippen LogP contribution in [0, 0.1) is 0 Å². The van der Waals surface area contributed by atoms with Crippen molar-refractivity contribution in [3.63, 3.8) is 0 Å². The minimum absolute atomic E-state index is 0.0494. The quantitative estimate of drug-likeness (QED) is 0.848. The highest BCUT2D eigenvalue weighted by molar-refractivity contribution is 6.01. The number of rotatable bonds is 5. The predicted octanol–water partition coefficient (Wildman–Crippen LogP) is 3.44. The molecule has 1 aliphatic rings. The van der Waals surface area contributed by atoms with Gasteiger partial charge in [0.2, 0.25) is 0 Å². The zero-order chi connectivity index (χ0) is 15.4. The number of hydrogen-bond donors (Lipinski definition) is 0. The summed E-state index contributed by atoms with van der Waals surface area (Å²) in [4.78, 5) is 5.58. The lowest BCUT2D eigenvalue weighted by molar-refractivity contribution is 0.0854. The first-order valence-electron chi connectivity index (χ1n) is 7.29. The van der Waals surface area contributed by atoms with Gasteiger partial charge in [-0.25, -0.2) is 0 Å². The summed E-state index contributed by atoms with van der Waals surface area (Å²) in [5.41, 5.74) is 3.19. The third-order valence-corrected chi connectivity index (χ3v) is 3.80. The van der Waals surface area contributed by atoms with Crippen molar-refractivity contribution in [3.8, 4) is 11.5 Å². The van der Waals surface area contributed by atoms with Crippen LogP contribution in [0.4, 0.5) is 0 Å². The summed E-state index contributed by atoms with van der Waals surface area (Å²) >= 11 is 0. The van der Waals surface area contributed by atoms with Crippen molar-refractivity contribution in [2.45, 2.75) is 18.9 Å². The Labute approximate surface area is 130 Å². The van der Waals surface area contributed by atoms with Gasteiger partial charge in [0.25, 0.3) is 0 Å². The molecule has 2 aromatic carbocycles. The fourth-order valence-corrected chi connectivity index (χ4v) is 2.61. The topological polar surface area (TPSA) is 40.0 Å². The van der Waals surface area contributed by atoms with Crippen LogP contribution >= 0.6 is 0 Å². The van der Waals surface area contributed by atoms with Crippen LogP contribution in [0.25, 0.3) is 0 Å². The molecule has 3 rings (SSSR count). The number of benzene rings is 2. The van der Waals surface area contributed by atoms with E-state index in [2.05, 4.69) is 11.2 Å². The monoisotopic (exact) mass is 297 g/mol. The van der Waals surface area contributed by atoms with Gasteiger partial charge in [0.1, 0.15) is 17.6 Å². The number of hydrogen-bond acceptors (Lipinski definition) is 4. The number of ether oxygens (including phenoxy) is 2. The average molecular weight is 297 g/mol. The maximum Gasteiger partial charge on any atom is 0.137 e. The molecule has 0 fully saturated rings. The molecule has 0 N–H and O–H groups in total. The first kappa shape index (κ1) is 14.4. The molecule has 2 aromatic rings. The van der Waals surface area contributed by atoms with Gasteiger partial charge in [-0.2, -0.15) is 0 Å². The zero-order valence-electron chi connectivity index (χ0n) is 12.8. The Kier molecular flexibility index (Phi) is 4.28. The van der Waals surface area contributed by atoms with Crippen molar-refractivity contribution in [2.24, 2.45) is 5.16 Å². The molecule has 0 radical (unpaired) electrons. The van der Waals surface area contributed by atoms with Crippen molar-refractivity contribution < 1.29 is 14.3 Å². The van der Waals surface area contributed by atoms with E-state index in [0.29, 0.717) is 0 Å². The zero-order valence-corrected chi connectivity index (χ0v) is 12.8. The molecule has 4 heteroatoms. The smallest absolute Gasteiger partial charge is 0.137 e. The first-order valence-corrected chi connectivity index (χ1v) is 7.29. The van der Waals surface area contributed by atoms with Gasteiger partial charge >= 0.3 is 0 Å². The van der Waals surface area contributed by atoms with Crippen molar-refractivity contribution in [3.05, 3.63) is 59.7 Å². The number of oxime groups is 1. The maximum absolute atomic E-state index is 5.58. The molecule has 4 nitrogen and oxygen atoms in total. The Balaban J connectivity index is 1.66. The number of nitrogens with zero attached hydrogens (tertiary/aromatic N) is 1. The summed E-state index contributed by atoms with van der Waals surface area (Å²) in [6.07, 6.45) is 1.63. The minimum atomic E-state index is 0.0494. The molecule has 0 unspecified atom stereocenters. The van der Waals surface area contributed by atoms with Gasteiger partial charge in [0, 0.05) is 12.8 Å². The van der Waals surface area contributed by atoms with Gasteiger partial charge in [-0.3, -0.25) is 0 Å². The third kappa shape index (κ3) is 3.06. The van der Waals surface area contributed by atoms with E-state index in [-0.39, 0.29) is 6.10 Å². The molecule has 0 amide bonds. The Hall–Kier alpha value is -2.49. The van der Waals surface area contributed by atoms with E-state index < -0.39 is 0 Å². The number of methoxy groups -OCH3 is 2. The van der Waals surface area contributed by atoms with Crippen molar-refractivity contribution in [1.82, 2.24) is 0 Å². The largest absolute Gasteiger partial charge is 0.497 e. The third-order valence-electron chi connectivity index (χ3n) is 3.80. The molecule has 0 bridgehead atoms. The van der Waals surface area contributed by atoms with Crippen molar-refractivity contribution in [2.75, 3.05) is 14.2 Å². The van der Waals surface area contributed by atoms with Crippen molar-refractivity contribution in [1.29, 1.82) is 0 Å². The van der Waals surface area contributed by atoms with Crippen LogP contribution in [0.3, 0.4) is 0 Å². The average Bonchev–Trinajstić information content (AvgIpc) is 3.04. The highest BCUT2D eigenvalue weighted by Gasteiger charge is 2.23. The van der Waals surface area contributed by atoms with Gasteiger partial charge in [-0.1, -0.05) is 23.4 Å². The number of para-hydroxylation sites is 1. The summed E-state index contributed by atoms with van der Waals surface area (Å²) in [7, 11) is 3.35. The normalized spacial score (nSPS) is 16.8. The summed E-state index contributed by atoms with van der Waals surface area (Å²) in [6.45, 7) is 0. The van der Waals surface area contributed by atoms with E-state index in [9.17, 15) is 0 Å². The Bertz CT molecular complexity index is 664. The summed E-state index contributed by atoms with van der Waals surface area (Å²) in [5, 5.41) is 4.23. The van der Waals surface area contributed by atoms with Crippen LogP contribution < -0.4 is 9.47 Å². The Morgan fingerprint density at radius 3 is 2.55 bits per heavy atom. The molecule has 0 saturated heterocycles.